The number of nitrogens with two attached hydrogens (primary N) is 1. The minimum atomic E-state index is 0.0335. The predicted molar refractivity (Wildman–Crippen MR) is 71.8 cm³/mol. The van der Waals surface area contributed by atoms with Gasteiger partial charge in [0, 0.05) is 11.7 Å². The molecule has 0 aromatic carbocycles. The van der Waals surface area contributed by atoms with Crippen LogP contribution in [0.25, 0.3) is 10.6 Å². The summed E-state index contributed by atoms with van der Waals surface area (Å²) in [7, 11) is 0. The minimum absolute atomic E-state index is 0.0335. The van der Waals surface area contributed by atoms with Crippen LogP contribution >= 0.6 is 11.3 Å². The zero-order valence-electron chi connectivity index (χ0n) is 10.3. The third-order valence-electron chi connectivity index (χ3n) is 3.20. The van der Waals surface area contributed by atoms with E-state index in [1.807, 2.05) is 24.5 Å². The fraction of sp³-hybridized carbons (Fsp3) is 0.417. The predicted octanol–water partition coefficient (Wildman–Crippen LogP) is 1.90. The van der Waals surface area contributed by atoms with Crippen LogP contribution in [0.4, 0.5) is 5.13 Å². The molecule has 94 valence electrons. The Morgan fingerprint density at radius 3 is 2.67 bits per heavy atom. The van der Waals surface area contributed by atoms with Gasteiger partial charge in [-0.3, -0.25) is 4.79 Å². The summed E-state index contributed by atoms with van der Waals surface area (Å²) in [6, 6.07) is 2.40. The van der Waals surface area contributed by atoms with E-state index in [-0.39, 0.29) is 5.56 Å². The summed E-state index contributed by atoms with van der Waals surface area (Å²) < 4.78 is 1.87. The molecule has 6 heteroatoms. The van der Waals surface area contributed by atoms with Crippen LogP contribution in [0.15, 0.2) is 10.9 Å². The van der Waals surface area contributed by atoms with Crippen molar-refractivity contribution in [3.63, 3.8) is 0 Å². The molecule has 0 atom stereocenters. The molecule has 5 nitrogen and oxygen atoms in total. The van der Waals surface area contributed by atoms with E-state index in [1.54, 1.807) is 0 Å². The summed E-state index contributed by atoms with van der Waals surface area (Å²) in [5, 5.41) is 8.78. The van der Waals surface area contributed by atoms with Crippen molar-refractivity contribution in [3.05, 3.63) is 27.7 Å². The second-order valence-electron chi connectivity index (χ2n) is 4.70. The van der Waals surface area contributed by atoms with Gasteiger partial charge in [0.25, 0.3) is 5.56 Å². The van der Waals surface area contributed by atoms with Crippen molar-refractivity contribution in [2.45, 2.75) is 32.7 Å². The highest BCUT2D eigenvalue weighted by atomic mass is 32.1. The van der Waals surface area contributed by atoms with Crippen LogP contribution in [0.3, 0.4) is 0 Å². The number of aromatic nitrogens is 3. The van der Waals surface area contributed by atoms with E-state index in [9.17, 15) is 4.79 Å². The van der Waals surface area contributed by atoms with E-state index in [0.29, 0.717) is 21.7 Å². The molecule has 1 fully saturated rings. The van der Waals surface area contributed by atoms with Gasteiger partial charge in [-0.05, 0) is 38.3 Å². The minimum Gasteiger partial charge on any atom is -0.374 e. The van der Waals surface area contributed by atoms with Crippen molar-refractivity contribution in [2.75, 3.05) is 5.73 Å². The third-order valence-corrected chi connectivity index (χ3v) is 3.97. The molecule has 2 aromatic rings. The Balaban J connectivity index is 2.26. The zero-order chi connectivity index (χ0) is 12.9. The van der Waals surface area contributed by atoms with Gasteiger partial charge in [-0.15, -0.1) is 10.2 Å². The maximum absolute atomic E-state index is 12.6. The van der Waals surface area contributed by atoms with E-state index < -0.39 is 0 Å². The van der Waals surface area contributed by atoms with E-state index >= 15 is 0 Å². The van der Waals surface area contributed by atoms with Crippen LogP contribution in [0.1, 0.15) is 30.1 Å². The first-order valence-corrected chi connectivity index (χ1v) is 6.71. The fourth-order valence-electron chi connectivity index (χ4n) is 2.29. The first-order valence-electron chi connectivity index (χ1n) is 5.90. The topological polar surface area (TPSA) is 73.8 Å². The summed E-state index contributed by atoms with van der Waals surface area (Å²) in [4.78, 5) is 12.6. The van der Waals surface area contributed by atoms with Crippen LogP contribution in [0.2, 0.25) is 0 Å². The highest BCUT2D eigenvalue weighted by Crippen LogP contribution is 2.36. The molecule has 2 N–H and O–H groups in total. The van der Waals surface area contributed by atoms with Crippen molar-refractivity contribution < 1.29 is 0 Å². The first-order chi connectivity index (χ1) is 8.58. The average Bonchev–Trinajstić information content (AvgIpc) is 3.01. The van der Waals surface area contributed by atoms with Gasteiger partial charge < -0.3 is 10.3 Å². The van der Waals surface area contributed by atoms with Gasteiger partial charge in [0.05, 0.1) is 5.56 Å². The standard InChI is InChI=1S/C12H14N4OS/c1-6-5-7(2)16(8-3-4-8)11(17)9(6)10-14-15-12(13)18-10/h5,8H,3-4H2,1-2H3,(H2,13,15). The fourth-order valence-corrected chi connectivity index (χ4v) is 3.00. The molecule has 1 saturated carbocycles. The smallest absolute Gasteiger partial charge is 0.261 e. The first kappa shape index (κ1) is 11.4. The lowest BCUT2D eigenvalue weighted by atomic mass is 10.1. The molecular formula is C12H14N4OS. The largest absolute Gasteiger partial charge is 0.374 e. The van der Waals surface area contributed by atoms with Gasteiger partial charge in [0.2, 0.25) is 5.13 Å². The summed E-state index contributed by atoms with van der Waals surface area (Å²) in [6.07, 6.45) is 2.17. The molecule has 3 rings (SSSR count). The van der Waals surface area contributed by atoms with E-state index in [1.165, 1.54) is 11.3 Å². The number of aryl methyl sites for hydroxylation is 2. The van der Waals surface area contributed by atoms with Gasteiger partial charge in [0.1, 0.15) is 0 Å². The third kappa shape index (κ3) is 1.73. The molecule has 2 aromatic heterocycles. The SMILES string of the molecule is Cc1cc(C)n(C2CC2)c(=O)c1-c1nnc(N)s1. The highest BCUT2D eigenvalue weighted by molar-refractivity contribution is 7.18. The highest BCUT2D eigenvalue weighted by Gasteiger charge is 2.28. The molecule has 0 radical (unpaired) electrons. The zero-order valence-corrected chi connectivity index (χ0v) is 11.1. The molecule has 0 unspecified atom stereocenters. The Morgan fingerprint density at radius 2 is 2.11 bits per heavy atom. The summed E-state index contributed by atoms with van der Waals surface area (Å²) in [6.45, 7) is 3.91. The maximum Gasteiger partial charge on any atom is 0.261 e. The van der Waals surface area contributed by atoms with Crippen LogP contribution in [0, 0.1) is 13.8 Å². The molecule has 2 heterocycles. The molecule has 0 aliphatic heterocycles. The number of nitrogens with zero attached hydrogens (tertiary/aromatic N) is 3. The molecule has 1 aliphatic rings. The van der Waals surface area contributed by atoms with E-state index in [2.05, 4.69) is 10.2 Å². The lowest BCUT2D eigenvalue weighted by molar-refractivity contribution is 0.681. The number of hydrogen-bond donors (Lipinski definition) is 1. The molecule has 0 bridgehead atoms. The normalized spacial score (nSPS) is 15.0. The van der Waals surface area contributed by atoms with Crippen LogP contribution in [-0.4, -0.2) is 14.8 Å². The second kappa shape index (κ2) is 3.91. The Bertz CT molecular complexity index is 669. The lowest BCUT2D eigenvalue weighted by Gasteiger charge is -2.12. The Hall–Kier alpha value is -1.69. The number of hydrogen-bond acceptors (Lipinski definition) is 5. The Labute approximate surface area is 108 Å². The number of pyridine rings is 1. The maximum atomic E-state index is 12.6. The van der Waals surface area contributed by atoms with Crippen LogP contribution < -0.4 is 11.3 Å². The molecular weight excluding hydrogens is 248 g/mol. The van der Waals surface area contributed by atoms with Gasteiger partial charge in [-0.25, -0.2) is 0 Å². The van der Waals surface area contributed by atoms with Gasteiger partial charge in [-0.2, -0.15) is 0 Å². The molecule has 0 spiro atoms. The number of anilines is 1. The molecule has 18 heavy (non-hydrogen) atoms. The summed E-state index contributed by atoms with van der Waals surface area (Å²) in [5.41, 5.74) is 8.22. The van der Waals surface area contributed by atoms with Crippen molar-refractivity contribution in [2.24, 2.45) is 0 Å². The lowest BCUT2D eigenvalue weighted by Crippen LogP contribution is -2.24. The quantitative estimate of drug-likeness (QED) is 0.897. The average molecular weight is 262 g/mol. The Kier molecular flexibility index (Phi) is 2.48. The number of nitrogen functional groups attached to an aromatic ring is 1. The van der Waals surface area contributed by atoms with Crippen LogP contribution in [0.5, 0.6) is 0 Å². The second-order valence-corrected chi connectivity index (χ2v) is 5.70. The monoisotopic (exact) mass is 262 g/mol. The summed E-state index contributed by atoms with van der Waals surface area (Å²) >= 11 is 1.26. The van der Waals surface area contributed by atoms with Gasteiger partial charge in [-0.1, -0.05) is 11.3 Å². The van der Waals surface area contributed by atoms with Gasteiger partial charge in [0.15, 0.2) is 5.01 Å². The van der Waals surface area contributed by atoms with Crippen LogP contribution in [-0.2, 0) is 0 Å². The Morgan fingerprint density at radius 1 is 1.39 bits per heavy atom. The molecule has 0 saturated heterocycles. The molecule has 0 amide bonds. The summed E-state index contributed by atoms with van der Waals surface area (Å²) in [5.74, 6) is 0. The number of rotatable bonds is 2. The van der Waals surface area contributed by atoms with Crippen molar-refractivity contribution in [1.29, 1.82) is 0 Å². The van der Waals surface area contributed by atoms with E-state index in [4.69, 9.17) is 5.73 Å². The van der Waals surface area contributed by atoms with Crippen molar-refractivity contribution in [3.8, 4) is 10.6 Å². The van der Waals surface area contributed by atoms with E-state index in [0.717, 1.165) is 24.1 Å². The molecule has 1 aliphatic carbocycles. The van der Waals surface area contributed by atoms with Crippen molar-refractivity contribution >= 4 is 16.5 Å². The van der Waals surface area contributed by atoms with Crippen molar-refractivity contribution in [1.82, 2.24) is 14.8 Å². The van der Waals surface area contributed by atoms with Gasteiger partial charge >= 0.3 is 0 Å².